The largest absolute Gasteiger partial charge is 0.489 e. The van der Waals surface area contributed by atoms with Crippen LogP contribution < -0.4 is 10.1 Å². The molecule has 0 aliphatic carbocycles. The van der Waals surface area contributed by atoms with Crippen LogP contribution in [0.3, 0.4) is 0 Å². The molecule has 0 saturated heterocycles. The van der Waals surface area contributed by atoms with Crippen LogP contribution in [0.15, 0.2) is 78.9 Å². The van der Waals surface area contributed by atoms with Crippen LogP contribution >= 0.6 is 0 Å². The van der Waals surface area contributed by atoms with Gasteiger partial charge in [0, 0.05) is 12.6 Å². The average Bonchev–Trinajstić information content (AvgIpc) is 2.67. The number of nitrogens with one attached hydrogen (secondary N) is 1. The maximum atomic E-state index is 5.86. The van der Waals surface area contributed by atoms with Gasteiger partial charge >= 0.3 is 0 Å². The molecule has 0 saturated carbocycles. The van der Waals surface area contributed by atoms with Crippen molar-refractivity contribution in [1.29, 1.82) is 0 Å². The molecule has 1 atom stereocenters. The Balaban J connectivity index is 1.49. The van der Waals surface area contributed by atoms with E-state index in [0.717, 1.165) is 12.3 Å². The van der Waals surface area contributed by atoms with E-state index in [4.69, 9.17) is 4.74 Å². The Morgan fingerprint density at radius 1 is 0.800 bits per heavy atom. The van der Waals surface area contributed by atoms with E-state index in [2.05, 4.69) is 79.8 Å². The van der Waals surface area contributed by atoms with Crippen LogP contribution in [0.2, 0.25) is 0 Å². The summed E-state index contributed by atoms with van der Waals surface area (Å²) in [4.78, 5) is 0. The van der Waals surface area contributed by atoms with E-state index in [1.807, 2.05) is 18.2 Å². The number of hydrogen-bond donors (Lipinski definition) is 1. The smallest absolute Gasteiger partial charge is 0.119 e. The molecule has 2 nitrogen and oxygen atoms in total. The lowest BCUT2D eigenvalue weighted by molar-refractivity contribution is 0.306. The molecule has 0 radical (unpaired) electrons. The molecule has 0 aromatic heterocycles. The predicted octanol–water partition coefficient (Wildman–Crippen LogP) is 5.42. The molecule has 3 aromatic rings. The van der Waals surface area contributed by atoms with E-state index < -0.39 is 0 Å². The van der Waals surface area contributed by atoms with Crippen molar-refractivity contribution in [3.8, 4) is 5.75 Å². The number of benzene rings is 3. The number of rotatable bonds is 7. The van der Waals surface area contributed by atoms with Gasteiger partial charge in [0.25, 0.3) is 0 Å². The first-order chi connectivity index (χ1) is 12.2. The standard InChI is InChI=1S/C23H25NO/c1-18-8-10-21(11-9-18)17-25-23-14-12-20(13-15-23)16-24-19(2)22-6-4-3-5-7-22/h3-15,19,24H,16-17H2,1-2H3/t19-/m0/s1. The van der Waals surface area contributed by atoms with E-state index in [1.54, 1.807) is 0 Å². The van der Waals surface area contributed by atoms with Crippen LogP contribution in [0.1, 0.15) is 35.2 Å². The van der Waals surface area contributed by atoms with Crippen molar-refractivity contribution >= 4 is 0 Å². The topological polar surface area (TPSA) is 21.3 Å². The van der Waals surface area contributed by atoms with E-state index in [-0.39, 0.29) is 0 Å². The zero-order chi connectivity index (χ0) is 17.5. The van der Waals surface area contributed by atoms with Crippen molar-refractivity contribution in [2.75, 3.05) is 0 Å². The third-order valence-corrected chi connectivity index (χ3v) is 4.36. The van der Waals surface area contributed by atoms with Crippen LogP contribution in [0.25, 0.3) is 0 Å². The number of hydrogen-bond acceptors (Lipinski definition) is 2. The molecule has 3 aromatic carbocycles. The lowest BCUT2D eigenvalue weighted by Gasteiger charge is -2.14. The minimum Gasteiger partial charge on any atom is -0.489 e. The van der Waals surface area contributed by atoms with Crippen LogP contribution in [0, 0.1) is 6.92 Å². The fourth-order valence-corrected chi connectivity index (χ4v) is 2.69. The van der Waals surface area contributed by atoms with Gasteiger partial charge in [-0.05, 0) is 42.7 Å². The Labute approximate surface area is 150 Å². The maximum absolute atomic E-state index is 5.86. The average molecular weight is 331 g/mol. The molecule has 0 aliphatic rings. The molecule has 1 N–H and O–H groups in total. The minimum absolute atomic E-state index is 0.332. The summed E-state index contributed by atoms with van der Waals surface area (Å²) in [5.74, 6) is 0.903. The highest BCUT2D eigenvalue weighted by molar-refractivity contribution is 5.28. The summed E-state index contributed by atoms with van der Waals surface area (Å²) in [6.45, 7) is 5.72. The quantitative estimate of drug-likeness (QED) is 0.624. The molecule has 128 valence electrons. The summed E-state index contributed by atoms with van der Waals surface area (Å²) in [7, 11) is 0. The summed E-state index contributed by atoms with van der Waals surface area (Å²) in [5, 5.41) is 3.56. The zero-order valence-electron chi connectivity index (χ0n) is 14.9. The van der Waals surface area contributed by atoms with Gasteiger partial charge in [0.1, 0.15) is 12.4 Å². The van der Waals surface area contributed by atoms with E-state index in [0.29, 0.717) is 12.6 Å². The molecule has 25 heavy (non-hydrogen) atoms. The molecule has 0 amide bonds. The monoisotopic (exact) mass is 331 g/mol. The summed E-state index contributed by atoms with van der Waals surface area (Å²) in [5.41, 5.74) is 5.02. The van der Waals surface area contributed by atoms with Gasteiger partial charge in [0.15, 0.2) is 0 Å². The highest BCUT2D eigenvalue weighted by Gasteiger charge is 2.04. The summed E-state index contributed by atoms with van der Waals surface area (Å²) in [6, 6.07) is 27.6. The first-order valence-electron chi connectivity index (χ1n) is 8.76. The molecule has 0 heterocycles. The molecular weight excluding hydrogens is 306 g/mol. The van der Waals surface area contributed by atoms with E-state index in [9.17, 15) is 0 Å². The third-order valence-electron chi connectivity index (χ3n) is 4.36. The lowest BCUT2D eigenvalue weighted by Crippen LogP contribution is -2.17. The van der Waals surface area contributed by atoms with Crippen molar-refractivity contribution in [2.45, 2.75) is 33.0 Å². The normalized spacial score (nSPS) is 11.9. The van der Waals surface area contributed by atoms with Gasteiger partial charge in [-0.3, -0.25) is 0 Å². The fraction of sp³-hybridized carbons (Fsp3) is 0.217. The second-order valence-corrected chi connectivity index (χ2v) is 6.43. The third kappa shape index (κ3) is 5.20. The van der Waals surface area contributed by atoms with Crippen LogP contribution in [-0.4, -0.2) is 0 Å². The van der Waals surface area contributed by atoms with Crippen molar-refractivity contribution < 1.29 is 4.74 Å². The molecule has 0 aliphatic heterocycles. The first kappa shape index (κ1) is 17.2. The Bertz CT molecular complexity index is 763. The highest BCUT2D eigenvalue weighted by atomic mass is 16.5. The number of aryl methyl sites for hydroxylation is 1. The van der Waals surface area contributed by atoms with Gasteiger partial charge in [0.05, 0.1) is 0 Å². The Morgan fingerprint density at radius 2 is 1.44 bits per heavy atom. The Kier molecular flexibility index (Phi) is 5.86. The predicted molar refractivity (Wildman–Crippen MR) is 104 cm³/mol. The molecule has 0 spiro atoms. The van der Waals surface area contributed by atoms with Gasteiger partial charge in [-0.15, -0.1) is 0 Å². The van der Waals surface area contributed by atoms with Crippen LogP contribution in [0.5, 0.6) is 5.75 Å². The van der Waals surface area contributed by atoms with E-state index in [1.165, 1.54) is 22.3 Å². The Morgan fingerprint density at radius 3 is 2.12 bits per heavy atom. The molecule has 0 unspecified atom stereocenters. The summed E-state index contributed by atoms with van der Waals surface area (Å²) in [6.07, 6.45) is 0. The lowest BCUT2D eigenvalue weighted by atomic mass is 10.1. The van der Waals surface area contributed by atoms with E-state index >= 15 is 0 Å². The van der Waals surface area contributed by atoms with Gasteiger partial charge in [-0.2, -0.15) is 0 Å². The van der Waals surface area contributed by atoms with Gasteiger partial charge in [-0.25, -0.2) is 0 Å². The molecular formula is C23H25NO. The molecule has 0 fully saturated rings. The van der Waals surface area contributed by atoms with Crippen molar-refractivity contribution in [3.63, 3.8) is 0 Å². The van der Waals surface area contributed by atoms with Crippen LogP contribution in [-0.2, 0) is 13.2 Å². The first-order valence-corrected chi connectivity index (χ1v) is 8.76. The van der Waals surface area contributed by atoms with Crippen molar-refractivity contribution in [2.24, 2.45) is 0 Å². The van der Waals surface area contributed by atoms with Crippen molar-refractivity contribution in [3.05, 3.63) is 101 Å². The number of ether oxygens (including phenoxy) is 1. The summed E-state index contributed by atoms with van der Waals surface area (Å²) < 4.78 is 5.86. The minimum atomic E-state index is 0.332. The molecule has 3 rings (SSSR count). The molecule has 0 bridgehead atoms. The Hall–Kier alpha value is -2.58. The SMILES string of the molecule is Cc1ccc(COc2ccc(CN[C@@H](C)c3ccccc3)cc2)cc1. The zero-order valence-corrected chi connectivity index (χ0v) is 14.9. The van der Waals surface area contributed by atoms with Crippen molar-refractivity contribution in [1.82, 2.24) is 5.32 Å². The fourth-order valence-electron chi connectivity index (χ4n) is 2.69. The van der Waals surface area contributed by atoms with Gasteiger partial charge < -0.3 is 10.1 Å². The van der Waals surface area contributed by atoms with Gasteiger partial charge in [0.2, 0.25) is 0 Å². The van der Waals surface area contributed by atoms with Crippen LogP contribution in [0.4, 0.5) is 0 Å². The summed E-state index contributed by atoms with van der Waals surface area (Å²) >= 11 is 0. The highest BCUT2D eigenvalue weighted by Crippen LogP contribution is 2.16. The second-order valence-electron chi connectivity index (χ2n) is 6.43. The van der Waals surface area contributed by atoms with Gasteiger partial charge in [-0.1, -0.05) is 72.3 Å². The second kappa shape index (κ2) is 8.50. The molecule has 2 heteroatoms. The maximum Gasteiger partial charge on any atom is 0.119 e.